The van der Waals surface area contributed by atoms with Crippen molar-refractivity contribution >= 4 is 11.7 Å². The van der Waals surface area contributed by atoms with Gasteiger partial charge in [-0.2, -0.15) is 0 Å². The first-order valence-electron chi connectivity index (χ1n) is 3.55. The largest absolute Gasteiger partial charge is 0.477 e. The number of anilines is 1. The minimum absolute atomic E-state index is 0.194. The number of rotatable bonds is 1. The SMILES string of the molecule is Nc1cc(C(=O)O)n2c1OCC2. The van der Waals surface area contributed by atoms with Crippen LogP contribution in [-0.2, 0) is 6.54 Å². The number of fused-ring (bicyclic) bond motifs is 1. The number of hydrogen-bond donors (Lipinski definition) is 2. The van der Waals surface area contributed by atoms with Crippen LogP contribution >= 0.6 is 0 Å². The maximum absolute atomic E-state index is 10.6. The summed E-state index contributed by atoms with van der Waals surface area (Å²) in [6, 6.07) is 1.41. The molecule has 0 aromatic carbocycles. The predicted molar refractivity (Wildman–Crippen MR) is 41.3 cm³/mol. The van der Waals surface area contributed by atoms with Crippen LogP contribution in [0.15, 0.2) is 6.07 Å². The first-order valence-corrected chi connectivity index (χ1v) is 3.55. The van der Waals surface area contributed by atoms with Crippen LogP contribution in [0.2, 0.25) is 0 Å². The van der Waals surface area contributed by atoms with Gasteiger partial charge in [-0.1, -0.05) is 0 Å². The van der Waals surface area contributed by atoms with E-state index in [-0.39, 0.29) is 5.69 Å². The second kappa shape index (κ2) is 2.17. The highest BCUT2D eigenvalue weighted by atomic mass is 16.5. The molecule has 0 amide bonds. The van der Waals surface area contributed by atoms with E-state index in [9.17, 15) is 4.79 Å². The van der Waals surface area contributed by atoms with Crippen LogP contribution in [0.5, 0.6) is 5.88 Å². The van der Waals surface area contributed by atoms with Crippen LogP contribution in [-0.4, -0.2) is 22.2 Å². The maximum Gasteiger partial charge on any atom is 0.352 e. The molecule has 64 valence electrons. The van der Waals surface area contributed by atoms with E-state index in [2.05, 4.69) is 0 Å². The van der Waals surface area contributed by atoms with Gasteiger partial charge in [-0.05, 0) is 6.07 Å². The van der Waals surface area contributed by atoms with Gasteiger partial charge in [-0.15, -0.1) is 0 Å². The fourth-order valence-corrected chi connectivity index (χ4v) is 1.35. The molecule has 0 unspecified atom stereocenters. The van der Waals surface area contributed by atoms with Crippen LogP contribution in [0.4, 0.5) is 5.69 Å². The van der Waals surface area contributed by atoms with Crippen LogP contribution < -0.4 is 10.5 Å². The van der Waals surface area contributed by atoms with Crippen LogP contribution in [0.1, 0.15) is 10.5 Å². The van der Waals surface area contributed by atoms with Gasteiger partial charge in [-0.25, -0.2) is 4.79 Å². The molecule has 0 saturated heterocycles. The number of aromatic nitrogens is 1. The molecule has 0 atom stereocenters. The van der Waals surface area contributed by atoms with Gasteiger partial charge in [0.1, 0.15) is 12.3 Å². The number of carbonyl (C=O) groups is 1. The lowest BCUT2D eigenvalue weighted by Crippen LogP contribution is -2.05. The summed E-state index contributed by atoms with van der Waals surface area (Å²) in [5.41, 5.74) is 6.11. The summed E-state index contributed by atoms with van der Waals surface area (Å²) >= 11 is 0. The van der Waals surface area contributed by atoms with E-state index < -0.39 is 5.97 Å². The van der Waals surface area contributed by atoms with Crippen molar-refractivity contribution in [2.75, 3.05) is 12.3 Å². The van der Waals surface area contributed by atoms with Crippen molar-refractivity contribution in [2.45, 2.75) is 6.54 Å². The lowest BCUT2D eigenvalue weighted by atomic mass is 10.4. The molecule has 1 aliphatic rings. The Labute approximate surface area is 68.3 Å². The van der Waals surface area contributed by atoms with E-state index in [1.807, 2.05) is 0 Å². The topological polar surface area (TPSA) is 77.5 Å². The molecule has 12 heavy (non-hydrogen) atoms. The van der Waals surface area contributed by atoms with Gasteiger partial charge >= 0.3 is 5.97 Å². The molecule has 0 spiro atoms. The third-order valence-corrected chi connectivity index (χ3v) is 1.85. The molecule has 0 bridgehead atoms. The van der Waals surface area contributed by atoms with Crippen LogP contribution in [0.25, 0.3) is 0 Å². The Bertz CT molecular complexity index is 343. The van der Waals surface area contributed by atoms with Crippen molar-refractivity contribution in [3.8, 4) is 5.88 Å². The number of nitrogens with zero attached hydrogens (tertiary/aromatic N) is 1. The molecule has 0 fully saturated rings. The van der Waals surface area contributed by atoms with Gasteiger partial charge < -0.3 is 20.1 Å². The van der Waals surface area contributed by atoms with E-state index in [0.717, 1.165) is 0 Å². The standard InChI is InChI=1S/C7H8N2O3/c8-4-3-5(7(10)11)9-1-2-12-6(4)9/h3H,1-2,8H2,(H,10,11). The molecule has 5 nitrogen and oxygen atoms in total. The van der Waals surface area contributed by atoms with Gasteiger partial charge in [0.2, 0.25) is 5.88 Å². The lowest BCUT2D eigenvalue weighted by molar-refractivity contribution is 0.0686. The highest BCUT2D eigenvalue weighted by Gasteiger charge is 2.22. The second-order valence-corrected chi connectivity index (χ2v) is 2.60. The number of ether oxygens (including phenoxy) is 1. The van der Waals surface area contributed by atoms with Crippen LogP contribution in [0, 0.1) is 0 Å². The molecule has 5 heteroatoms. The molecular formula is C7H8N2O3. The van der Waals surface area contributed by atoms with Crippen molar-refractivity contribution in [3.05, 3.63) is 11.8 Å². The molecule has 0 saturated carbocycles. The summed E-state index contributed by atoms with van der Waals surface area (Å²) in [4.78, 5) is 10.6. The Hall–Kier alpha value is -1.65. The Kier molecular flexibility index (Phi) is 1.27. The summed E-state index contributed by atoms with van der Waals surface area (Å²) in [6.07, 6.45) is 0. The highest BCUT2D eigenvalue weighted by Crippen LogP contribution is 2.30. The molecule has 2 rings (SSSR count). The van der Waals surface area contributed by atoms with E-state index in [1.54, 1.807) is 4.57 Å². The third-order valence-electron chi connectivity index (χ3n) is 1.85. The number of aromatic carboxylic acids is 1. The minimum Gasteiger partial charge on any atom is -0.477 e. The first kappa shape index (κ1) is 7.02. The summed E-state index contributed by atoms with van der Waals surface area (Å²) in [6.45, 7) is 1.06. The number of carboxylic acids is 1. The molecule has 0 radical (unpaired) electrons. The van der Waals surface area contributed by atoms with Gasteiger partial charge in [0, 0.05) is 0 Å². The number of nitrogens with two attached hydrogens (primary N) is 1. The molecular weight excluding hydrogens is 160 g/mol. The Balaban J connectivity index is 2.58. The smallest absolute Gasteiger partial charge is 0.352 e. The van der Waals surface area contributed by atoms with Crippen molar-refractivity contribution in [1.29, 1.82) is 0 Å². The molecule has 0 aliphatic carbocycles. The van der Waals surface area contributed by atoms with Crippen molar-refractivity contribution < 1.29 is 14.6 Å². The quantitative estimate of drug-likeness (QED) is 0.626. The zero-order chi connectivity index (χ0) is 8.72. The lowest BCUT2D eigenvalue weighted by Gasteiger charge is -1.96. The van der Waals surface area contributed by atoms with Gasteiger partial charge in [0.15, 0.2) is 0 Å². The van der Waals surface area contributed by atoms with Crippen LogP contribution in [0.3, 0.4) is 0 Å². The second-order valence-electron chi connectivity index (χ2n) is 2.60. The van der Waals surface area contributed by atoms with E-state index >= 15 is 0 Å². The summed E-state index contributed by atoms with van der Waals surface area (Å²) in [7, 11) is 0. The monoisotopic (exact) mass is 168 g/mol. The average Bonchev–Trinajstić information content (AvgIpc) is 2.53. The zero-order valence-corrected chi connectivity index (χ0v) is 6.28. The zero-order valence-electron chi connectivity index (χ0n) is 6.28. The maximum atomic E-state index is 10.6. The van der Waals surface area contributed by atoms with Crippen molar-refractivity contribution in [3.63, 3.8) is 0 Å². The Morgan fingerprint density at radius 2 is 2.50 bits per heavy atom. The summed E-state index contributed by atoms with van der Waals surface area (Å²) < 4.78 is 6.70. The molecule has 1 aromatic heterocycles. The van der Waals surface area contributed by atoms with Gasteiger partial charge in [0.25, 0.3) is 0 Å². The average molecular weight is 168 g/mol. The highest BCUT2D eigenvalue weighted by molar-refractivity contribution is 5.88. The normalized spacial score (nSPS) is 14.0. The summed E-state index contributed by atoms with van der Waals surface area (Å²) in [5, 5.41) is 8.73. The fraction of sp³-hybridized carbons (Fsp3) is 0.286. The molecule has 3 N–H and O–H groups in total. The van der Waals surface area contributed by atoms with Crippen molar-refractivity contribution in [2.24, 2.45) is 0 Å². The summed E-state index contributed by atoms with van der Waals surface area (Å²) in [5.74, 6) is -0.495. The minimum atomic E-state index is -0.974. The number of hydrogen-bond acceptors (Lipinski definition) is 3. The Morgan fingerprint density at radius 1 is 1.75 bits per heavy atom. The first-order chi connectivity index (χ1) is 5.70. The predicted octanol–water partition coefficient (Wildman–Crippen LogP) is 0.161. The van der Waals surface area contributed by atoms with E-state index in [1.165, 1.54) is 6.07 Å². The van der Waals surface area contributed by atoms with Gasteiger partial charge in [0.05, 0.1) is 12.2 Å². The third kappa shape index (κ3) is 0.761. The molecule has 1 aliphatic heterocycles. The number of nitrogen functional groups attached to an aromatic ring is 1. The van der Waals surface area contributed by atoms with E-state index in [4.69, 9.17) is 15.6 Å². The van der Waals surface area contributed by atoms with E-state index in [0.29, 0.717) is 24.7 Å². The van der Waals surface area contributed by atoms with Gasteiger partial charge in [-0.3, -0.25) is 0 Å². The molecule has 2 heterocycles. The van der Waals surface area contributed by atoms with Crippen molar-refractivity contribution in [1.82, 2.24) is 4.57 Å². The molecule has 1 aromatic rings. The number of carboxylic acid groups (broad SMARTS) is 1. The Morgan fingerprint density at radius 3 is 3.17 bits per heavy atom. The fourth-order valence-electron chi connectivity index (χ4n) is 1.35.